The molecule has 0 aliphatic rings. The molecular weight excluding hydrogens is 587 g/mol. The van der Waals surface area contributed by atoms with E-state index < -0.39 is 78.1 Å². The van der Waals surface area contributed by atoms with Gasteiger partial charge in [0.2, 0.25) is 5.91 Å². The maximum absolute atomic E-state index is 14.8. The molecule has 3 N–H and O–H groups in total. The van der Waals surface area contributed by atoms with Crippen molar-refractivity contribution in [2.45, 2.75) is 43.1 Å². The first-order chi connectivity index (χ1) is 19.5. The van der Waals surface area contributed by atoms with Crippen molar-refractivity contribution in [2.75, 3.05) is 0 Å². The first-order valence-electron chi connectivity index (χ1n) is 11.8. The molecule has 6 nitrogen and oxygen atoms in total. The van der Waals surface area contributed by atoms with E-state index in [-0.39, 0.29) is 5.56 Å². The predicted molar refractivity (Wildman–Crippen MR) is 129 cm³/mol. The van der Waals surface area contributed by atoms with Crippen molar-refractivity contribution in [2.24, 2.45) is 0 Å². The van der Waals surface area contributed by atoms with Crippen molar-refractivity contribution in [3.8, 4) is 5.75 Å². The Bertz CT molecular complexity index is 1390. The van der Waals surface area contributed by atoms with E-state index in [1.54, 1.807) is 6.07 Å². The van der Waals surface area contributed by atoms with Gasteiger partial charge < -0.3 is 20.5 Å². The van der Waals surface area contributed by atoms with E-state index in [2.05, 4.69) is 10.1 Å². The van der Waals surface area contributed by atoms with E-state index in [0.717, 1.165) is 24.3 Å². The first kappa shape index (κ1) is 32.1. The summed E-state index contributed by atoms with van der Waals surface area (Å²) in [5, 5.41) is 12.8. The molecule has 0 aromatic heterocycles. The lowest BCUT2D eigenvalue weighted by Crippen LogP contribution is -2.56. The van der Waals surface area contributed by atoms with Crippen LogP contribution in [0.15, 0.2) is 72.8 Å². The molecule has 0 unspecified atom stereocenters. The highest BCUT2D eigenvalue weighted by Crippen LogP contribution is 2.38. The molecule has 3 rings (SSSR count). The smallest absolute Gasteiger partial charge is 0.461 e. The van der Waals surface area contributed by atoms with Gasteiger partial charge in [0.25, 0.3) is 0 Å². The highest BCUT2D eigenvalue weighted by Gasteiger charge is 2.45. The Morgan fingerprint density at radius 1 is 0.833 bits per heavy atom. The predicted octanol–water partition coefficient (Wildman–Crippen LogP) is 6.39. The summed E-state index contributed by atoms with van der Waals surface area (Å²) in [5.74, 6) is -4.86. The Morgan fingerprint density at radius 3 is 2.00 bits per heavy atom. The topological polar surface area (TPSA) is 87.7 Å². The maximum Gasteiger partial charge on any atom is 0.461 e. The first-order valence-corrected chi connectivity index (χ1v) is 11.8. The zero-order valence-electron chi connectivity index (χ0n) is 21.1. The lowest BCUT2D eigenvalue weighted by molar-refractivity contribution is -0.253. The van der Waals surface area contributed by atoms with Crippen molar-refractivity contribution in [3.63, 3.8) is 0 Å². The minimum Gasteiger partial charge on any atom is -0.465 e. The van der Waals surface area contributed by atoms with Gasteiger partial charge in [-0.2, -0.15) is 30.7 Å². The van der Waals surface area contributed by atoms with Gasteiger partial charge in [0.1, 0.15) is 23.4 Å². The molecule has 0 saturated carbocycles. The van der Waals surface area contributed by atoms with Gasteiger partial charge in [0, 0.05) is 12.5 Å². The van der Waals surface area contributed by atoms with Crippen LogP contribution in [0.4, 0.5) is 44.3 Å². The van der Waals surface area contributed by atoms with E-state index in [9.17, 15) is 49.1 Å². The van der Waals surface area contributed by atoms with Crippen molar-refractivity contribution in [1.82, 2.24) is 10.6 Å². The van der Waals surface area contributed by atoms with Gasteiger partial charge in [0.05, 0.1) is 12.0 Å². The highest BCUT2D eigenvalue weighted by atomic mass is 19.4. The van der Waals surface area contributed by atoms with Crippen molar-refractivity contribution < 1.29 is 58.9 Å². The minimum absolute atomic E-state index is 0.126. The summed E-state index contributed by atoms with van der Waals surface area (Å²) in [4.78, 5) is 24.5. The SMILES string of the molecule is O=C(O)N[C@H](CC(F)(F)F)C(=O)N[C@](Cc1ccccc1)(c1ccc(F)cc1)c1cc(F)cc(OC(F)(F)C(F)F)c1. The third kappa shape index (κ3) is 8.30. The molecule has 0 bridgehead atoms. The van der Waals surface area contributed by atoms with E-state index in [1.807, 2.05) is 0 Å². The summed E-state index contributed by atoms with van der Waals surface area (Å²) in [6.45, 7) is 0. The second kappa shape index (κ2) is 12.6. The van der Waals surface area contributed by atoms with E-state index in [1.165, 1.54) is 29.6 Å². The molecule has 0 heterocycles. The summed E-state index contributed by atoms with van der Waals surface area (Å²) < 4.78 is 126. The molecule has 0 aliphatic heterocycles. The van der Waals surface area contributed by atoms with Crippen LogP contribution >= 0.6 is 0 Å². The molecule has 3 aromatic rings. The number of carboxylic acid groups (broad SMARTS) is 1. The number of hydrogen-bond donors (Lipinski definition) is 3. The molecule has 0 saturated heterocycles. The van der Waals surface area contributed by atoms with E-state index in [0.29, 0.717) is 23.8 Å². The summed E-state index contributed by atoms with van der Waals surface area (Å²) in [6.07, 6.45) is -18.9. The molecule has 2 amide bonds. The Hall–Kier alpha value is -4.43. The van der Waals surface area contributed by atoms with Crippen LogP contribution in [0.2, 0.25) is 0 Å². The zero-order chi connectivity index (χ0) is 31.3. The molecule has 0 aliphatic carbocycles. The maximum atomic E-state index is 14.8. The van der Waals surface area contributed by atoms with Crippen LogP contribution in [0.3, 0.4) is 0 Å². The average molecular weight is 608 g/mol. The number of ether oxygens (including phenoxy) is 1. The largest absolute Gasteiger partial charge is 0.465 e. The second-order valence-corrected chi connectivity index (χ2v) is 9.03. The lowest BCUT2D eigenvalue weighted by Gasteiger charge is -2.38. The van der Waals surface area contributed by atoms with Crippen molar-refractivity contribution >= 4 is 12.0 Å². The fraction of sp³-hybridized carbons (Fsp3) is 0.259. The Kier molecular flexibility index (Phi) is 9.64. The van der Waals surface area contributed by atoms with Gasteiger partial charge in [-0.15, -0.1) is 0 Å². The van der Waals surface area contributed by atoms with Gasteiger partial charge in [0.15, 0.2) is 0 Å². The van der Waals surface area contributed by atoms with Gasteiger partial charge in [-0.05, 0) is 41.0 Å². The third-order valence-corrected chi connectivity index (χ3v) is 5.91. The van der Waals surface area contributed by atoms with Crippen LogP contribution in [0.25, 0.3) is 0 Å². The number of benzene rings is 3. The molecule has 226 valence electrons. The van der Waals surface area contributed by atoms with Crippen LogP contribution in [0.1, 0.15) is 23.1 Å². The molecule has 3 aromatic carbocycles. The zero-order valence-corrected chi connectivity index (χ0v) is 21.1. The molecule has 15 heteroatoms. The van der Waals surface area contributed by atoms with Crippen LogP contribution in [0.5, 0.6) is 5.75 Å². The number of carbonyl (C=O) groups excluding carboxylic acids is 1. The Balaban J connectivity index is 2.29. The Morgan fingerprint density at radius 2 is 1.45 bits per heavy atom. The number of alkyl halides is 7. The number of rotatable bonds is 11. The Labute approximate surface area is 232 Å². The monoisotopic (exact) mass is 608 g/mol. The second-order valence-electron chi connectivity index (χ2n) is 9.03. The van der Waals surface area contributed by atoms with Crippen molar-refractivity contribution in [1.29, 1.82) is 0 Å². The summed E-state index contributed by atoms with van der Waals surface area (Å²) in [6, 6.07) is 10.7. The van der Waals surface area contributed by atoms with Crippen LogP contribution in [-0.4, -0.2) is 41.9 Å². The summed E-state index contributed by atoms with van der Waals surface area (Å²) in [7, 11) is 0. The standard InChI is InChI=1S/C27H21F9N2O4/c28-18-8-6-16(7-9-18)25(13-15-4-2-1-3-5-15,38-22(39)21(37-24(40)41)14-26(32,33)34)17-10-19(29)12-20(11-17)42-27(35,36)23(30)31/h1-12,21,23,37H,13-14H2,(H,38,39)(H,40,41)/t21-,25-/m1/s1. The molecule has 0 spiro atoms. The van der Waals surface area contributed by atoms with Gasteiger partial charge in [-0.25, -0.2) is 13.6 Å². The quantitative estimate of drug-likeness (QED) is 0.220. The van der Waals surface area contributed by atoms with Gasteiger partial charge in [-0.3, -0.25) is 4.79 Å². The fourth-order valence-electron chi connectivity index (χ4n) is 4.15. The van der Waals surface area contributed by atoms with E-state index >= 15 is 0 Å². The fourth-order valence-corrected chi connectivity index (χ4v) is 4.15. The third-order valence-electron chi connectivity index (χ3n) is 5.91. The number of amides is 2. The van der Waals surface area contributed by atoms with Crippen LogP contribution in [-0.2, 0) is 16.8 Å². The number of nitrogens with one attached hydrogen (secondary N) is 2. The number of halogens is 9. The van der Waals surface area contributed by atoms with Gasteiger partial charge >= 0.3 is 24.8 Å². The lowest BCUT2D eigenvalue weighted by atomic mass is 9.77. The van der Waals surface area contributed by atoms with Crippen molar-refractivity contribution in [3.05, 3.63) is 101 Å². The molecule has 0 fully saturated rings. The highest BCUT2D eigenvalue weighted by molar-refractivity contribution is 5.86. The number of hydrogen-bond acceptors (Lipinski definition) is 3. The summed E-state index contributed by atoms with van der Waals surface area (Å²) >= 11 is 0. The molecule has 2 atom stereocenters. The molecular formula is C27H21F9N2O4. The number of carbonyl (C=O) groups is 2. The normalized spacial score (nSPS) is 14.1. The van der Waals surface area contributed by atoms with E-state index in [4.69, 9.17) is 5.11 Å². The molecule has 0 radical (unpaired) electrons. The van der Waals surface area contributed by atoms with Crippen LogP contribution < -0.4 is 15.4 Å². The molecule has 42 heavy (non-hydrogen) atoms. The minimum atomic E-state index is -5.09. The van der Waals surface area contributed by atoms with Crippen LogP contribution in [0, 0.1) is 11.6 Å². The average Bonchev–Trinajstić information content (AvgIpc) is 2.87. The van der Waals surface area contributed by atoms with Gasteiger partial charge in [-0.1, -0.05) is 42.5 Å². The summed E-state index contributed by atoms with van der Waals surface area (Å²) in [5.41, 5.74) is -2.52.